The Bertz CT molecular complexity index is 345. The molecule has 1 aromatic carbocycles. The number of hydrogen-bond donors (Lipinski definition) is 0. The van der Waals surface area contributed by atoms with Crippen LogP contribution in [-0.4, -0.2) is 33.9 Å². The van der Waals surface area contributed by atoms with E-state index in [1.807, 2.05) is 24.3 Å². The fourth-order valence-corrected chi connectivity index (χ4v) is 1.54. The summed E-state index contributed by atoms with van der Waals surface area (Å²) in [7, 11) is 4.67. The van der Waals surface area contributed by atoms with Crippen LogP contribution in [0.5, 0.6) is 0 Å². The second-order valence-electron chi connectivity index (χ2n) is 3.67. The standard InChI is InChI=1S/C13H18O4/c1-15-9-12(16-2)11-6-4-10(5-7-11)8-13(14)17-3/h4-7,12H,8-9H2,1-3H3/t12-/m1/s1. The molecule has 0 amide bonds. The summed E-state index contributed by atoms with van der Waals surface area (Å²) in [6.45, 7) is 0.507. The number of methoxy groups -OCH3 is 3. The molecule has 1 atom stereocenters. The van der Waals surface area contributed by atoms with Gasteiger partial charge in [0.15, 0.2) is 0 Å². The molecule has 0 bridgehead atoms. The molecule has 0 aliphatic carbocycles. The highest BCUT2D eigenvalue weighted by Crippen LogP contribution is 2.17. The summed E-state index contributed by atoms with van der Waals surface area (Å²) in [5.74, 6) is -0.238. The number of benzene rings is 1. The van der Waals surface area contributed by atoms with E-state index in [9.17, 15) is 4.79 Å². The number of carbonyl (C=O) groups excluding carboxylic acids is 1. The largest absolute Gasteiger partial charge is 0.469 e. The van der Waals surface area contributed by atoms with Gasteiger partial charge in [0.2, 0.25) is 0 Å². The Morgan fingerprint density at radius 3 is 2.29 bits per heavy atom. The molecule has 1 rings (SSSR count). The summed E-state index contributed by atoms with van der Waals surface area (Å²) >= 11 is 0. The molecule has 0 aliphatic rings. The SMILES string of the molecule is COC[C@@H](OC)c1ccc(CC(=O)OC)cc1. The summed E-state index contributed by atoms with van der Waals surface area (Å²) < 4.78 is 15.0. The van der Waals surface area contributed by atoms with Gasteiger partial charge in [-0.2, -0.15) is 0 Å². The van der Waals surface area contributed by atoms with Crippen LogP contribution in [0.3, 0.4) is 0 Å². The van der Waals surface area contributed by atoms with E-state index in [1.165, 1.54) is 7.11 Å². The molecule has 1 aromatic rings. The van der Waals surface area contributed by atoms with Crippen LogP contribution in [0.1, 0.15) is 17.2 Å². The van der Waals surface area contributed by atoms with Gasteiger partial charge in [0.25, 0.3) is 0 Å². The minimum Gasteiger partial charge on any atom is -0.469 e. The highest BCUT2D eigenvalue weighted by Gasteiger charge is 2.10. The molecule has 0 unspecified atom stereocenters. The van der Waals surface area contributed by atoms with Gasteiger partial charge in [-0.3, -0.25) is 4.79 Å². The molecule has 0 saturated carbocycles. The van der Waals surface area contributed by atoms with Crippen LogP contribution in [0.25, 0.3) is 0 Å². The van der Waals surface area contributed by atoms with Crippen molar-refractivity contribution in [1.29, 1.82) is 0 Å². The molecule has 0 fully saturated rings. The van der Waals surface area contributed by atoms with Gasteiger partial charge in [-0.05, 0) is 11.1 Å². The van der Waals surface area contributed by atoms with Crippen LogP contribution in [0.2, 0.25) is 0 Å². The third kappa shape index (κ3) is 4.17. The lowest BCUT2D eigenvalue weighted by atomic mass is 10.1. The molecule has 94 valence electrons. The van der Waals surface area contributed by atoms with E-state index >= 15 is 0 Å². The molecule has 0 spiro atoms. The summed E-state index contributed by atoms with van der Waals surface area (Å²) in [5, 5.41) is 0. The van der Waals surface area contributed by atoms with Gasteiger partial charge in [-0.25, -0.2) is 0 Å². The maximum absolute atomic E-state index is 11.1. The van der Waals surface area contributed by atoms with E-state index in [1.54, 1.807) is 14.2 Å². The van der Waals surface area contributed by atoms with Crippen LogP contribution in [-0.2, 0) is 25.4 Å². The second kappa shape index (κ2) is 7.04. The van der Waals surface area contributed by atoms with Crippen LogP contribution in [0.15, 0.2) is 24.3 Å². The molecule has 0 N–H and O–H groups in total. The Labute approximate surface area is 101 Å². The van der Waals surface area contributed by atoms with Gasteiger partial charge < -0.3 is 14.2 Å². The van der Waals surface area contributed by atoms with Crippen LogP contribution >= 0.6 is 0 Å². The number of ether oxygens (including phenoxy) is 3. The van der Waals surface area contributed by atoms with Gasteiger partial charge in [0.05, 0.1) is 20.1 Å². The first-order valence-corrected chi connectivity index (χ1v) is 5.38. The number of hydrogen-bond acceptors (Lipinski definition) is 4. The molecule has 0 radical (unpaired) electrons. The summed E-state index contributed by atoms with van der Waals surface area (Å²) in [4.78, 5) is 11.1. The van der Waals surface area contributed by atoms with E-state index in [0.29, 0.717) is 13.0 Å². The fourth-order valence-electron chi connectivity index (χ4n) is 1.54. The van der Waals surface area contributed by atoms with Crippen molar-refractivity contribution in [1.82, 2.24) is 0 Å². The van der Waals surface area contributed by atoms with Crippen molar-refractivity contribution in [3.8, 4) is 0 Å². The summed E-state index contributed by atoms with van der Waals surface area (Å²) in [5.41, 5.74) is 1.95. The molecule has 17 heavy (non-hydrogen) atoms. The monoisotopic (exact) mass is 238 g/mol. The average molecular weight is 238 g/mol. The maximum atomic E-state index is 11.1. The Kier molecular flexibility index (Phi) is 5.66. The third-order valence-electron chi connectivity index (χ3n) is 2.53. The van der Waals surface area contributed by atoms with E-state index in [0.717, 1.165) is 11.1 Å². The Morgan fingerprint density at radius 1 is 1.18 bits per heavy atom. The molecule has 0 aliphatic heterocycles. The zero-order chi connectivity index (χ0) is 12.7. The maximum Gasteiger partial charge on any atom is 0.309 e. The van der Waals surface area contributed by atoms with E-state index < -0.39 is 0 Å². The van der Waals surface area contributed by atoms with E-state index in [-0.39, 0.29) is 12.1 Å². The summed E-state index contributed by atoms with van der Waals surface area (Å²) in [6, 6.07) is 7.67. The van der Waals surface area contributed by atoms with Crippen LogP contribution in [0, 0.1) is 0 Å². The first-order valence-electron chi connectivity index (χ1n) is 5.38. The molecular weight excluding hydrogens is 220 g/mol. The van der Waals surface area contributed by atoms with Crippen molar-refractivity contribution in [2.75, 3.05) is 27.9 Å². The third-order valence-corrected chi connectivity index (χ3v) is 2.53. The lowest BCUT2D eigenvalue weighted by Gasteiger charge is -2.14. The van der Waals surface area contributed by atoms with Crippen molar-refractivity contribution >= 4 is 5.97 Å². The zero-order valence-electron chi connectivity index (χ0n) is 10.4. The molecule has 4 nitrogen and oxygen atoms in total. The van der Waals surface area contributed by atoms with Crippen molar-refractivity contribution in [3.05, 3.63) is 35.4 Å². The van der Waals surface area contributed by atoms with Crippen molar-refractivity contribution in [2.24, 2.45) is 0 Å². The second-order valence-corrected chi connectivity index (χ2v) is 3.67. The Morgan fingerprint density at radius 2 is 1.82 bits per heavy atom. The Balaban J connectivity index is 2.69. The zero-order valence-corrected chi connectivity index (χ0v) is 10.4. The lowest BCUT2D eigenvalue weighted by molar-refractivity contribution is -0.139. The van der Waals surface area contributed by atoms with Crippen molar-refractivity contribution < 1.29 is 19.0 Å². The summed E-state index contributed by atoms with van der Waals surface area (Å²) in [6.07, 6.45) is 0.214. The smallest absolute Gasteiger partial charge is 0.309 e. The van der Waals surface area contributed by atoms with E-state index in [2.05, 4.69) is 4.74 Å². The normalized spacial score (nSPS) is 12.2. The molecule has 0 saturated heterocycles. The quantitative estimate of drug-likeness (QED) is 0.708. The lowest BCUT2D eigenvalue weighted by Crippen LogP contribution is -2.09. The van der Waals surface area contributed by atoms with Gasteiger partial charge in [-0.1, -0.05) is 24.3 Å². The Hall–Kier alpha value is -1.39. The highest BCUT2D eigenvalue weighted by molar-refractivity contribution is 5.72. The van der Waals surface area contributed by atoms with Crippen LogP contribution < -0.4 is 0 Å². The molecule has 0 aromatic heterocycles. The van der Waals surface area contributed by atoms with Gasteiger partial charge in [0.1, 0.15) is 6.10 Å². The number of rotatable bonds is 6. The van der Waals surface area contributed by atoms with Gasteiger partial charge in [-0.15, -0.1) is 0 Å². The molecule has 4 heteroatoms. The molecule has 0 heterocycles. The minimum absolute atomic E-state index is 0.0767. The van der Waals surface area contributed by atoms with Crippen LogP contribution in [0.4, 0.5) is 0 Å². The first-order chi connectivity index (χ1) is 8.21. The minimum atomic E-state index is -0.238. The number of esters is 1. The highest BCUT2D eigenvalue weighted by atomic mass is 16.5. The number of carbonyl (C=O) groups is 1. The van der Waals surface area contributed by atoms with Crippen molar-refractivity contribution in [3.63, 3.8) is 0 Å². The predicted octanol–water partition coefficient (Wildman–Crippen LogP) is 1.74. The van der Waals surface area contributed by atoms with E-state index in [4.69, 9.17) is 9.47 Å². The molecular formula is C13H18O4. The topological polar surface area (TPSA) is 44.8 Å². The fraction of sp³-hybridized carbons (Fsp3) is 0.462. The first kappa shape index (κ1) is 13.7. The predicted molar refractivity (Wildman–Crippen MR) is 63.8 cm³/mol. The van der Waals surface area contributed by atoms with Gasteiger partial charge >= 0.3 is 5.97 Å². The van der Waals surface area contributed by atoms with Crippen molar-refractivity contribution in [2.45, 2.75) is 12.5 Å². The van der Waals surface area contributed by atoms with Gasteiger partial charge in [0, 0.05) is 14.2 Å². The average Bonchev–Trinajstić information content (AvgIpc) is 2.37.